The van der Waals surface area contributed by atoms with Gasteiger partial charge in [-0.3, -0.25) is 0 Å². The maximum Gasteiger partial charge on any atom is 0.0773 e. The zero-order valence-corrected chi connectivity index (χ0v) is 12.8. The second-order valence-electron chi connectivity index (χ2n) is 5.18. The summed E-state index contributed by atoms with van der Waals surface area (Å²) < 4.78 is 5.97. The Labute approximate surface area is 131 Å². The summed E-state index contributed by atoms with van der Waals surface area (Å²) in [7, 11) is 0. The Balaban J connectivity index is 1.69. The van der Waals surface area contributed by atoms with Crippen LogP contribution in [0.3, 0.4) is 0 Å². The molecule has 0 aliphatic carbocycles. The van der Waals surface area contributed by atoms with Gasteiger partial charge in [-0.05, 0) is 17.5 Å². The topological polar surface area (TPSA) is 9.23 Å². The fourth-order valence-electron chi connectivity index (χ4n) is 2.55. The van der Waals surface area contributed by atoms with Crippen molar-refractivity contribution in [2.45, 2.75) is 17.8 Å². The molecule has 1 nitrogen and oxygen atoms in total. The number of ether oxygens (including phenoxy) is 1. The van der Waals surface area contributed by atoms with Crippen LogP contribution in [0.25, 0.3) is 6.08 Å². The molecule has 2 heteroatoms. The fourth-order valence-corrected chi connectivity index (χ4v) is 3.71. The third-order valence-corrected chi connectivity index (χ3v) is 4.92. The molecule has 108 valence electrons. The summed E-state index contributed by atoms with van der Waals surface area (Å²) in [5.74, 6) is 1.06. The zero-order valence-electron chi connectivity index (χ0n) is 12.0. The molecule has 0 saturated carbocycles. The Morgan fingerprint density at radius 1 is 0.952 bits per heavy atom. The average molecular weight is 296 g/mol. The molecule has 0 bridgehead atoms. The molecular weight excluding hydrogens is 276 g/mol. The molecule has 0 radical (unpaired) electrons. The van der Waals surface area contributed by atoms with Crippen LogP contribution < -0.4 is 0 Å². The van der Waals surface area contributed by atoms with E-state index in [1.165, 1.54) is 11.1 Å². The molecule has 1 aliphatic heterocycles. The SMILES string of the molecule is C(=C\C1CC(c2ccccc2)SCCO1)/c1ccccc1. The average Bonchev–Trinajstić information content (AvgIpc) is 2.80. The van der Waals surface area contributed by atoms with Gasteiger partial charge < -0.3 is 4.74 Å². The first-order valence-electron chi connectivity index (χ1n) is 7.43. The monoisotopic (exact) mass is 296 g/mol. The van der Waals surface area contributed by atoms with Crippen LogP contribution in [0.5, 0.6) is 0 Å². The molecule has 0 amide bonds. The quantitative estimate of drug-likeness (QED) is 0.791. The second kappa shape index (κ2) is 7.48. The number of hydrogen-bond donors (Lipinski definition) is 0. The van der Waals surface area contributed by atoms with E-state index in [9.17, 15) is 0 Å². The zero-order chi connectivity index (χ0) is 14.3. The van der Waals surface area contributed by atoms with Crippen molar-refractivity contribution in [2.75, 3.05) is 12.4 Å². The van der Waals surface area contributed by atoms with Gasteiger partial charge in [0.15, 0.2) is 0 Å². The van der Waals surface area contributed by atoms with Crippen LogP contribution in [-0.4, -0.2) is 18.5 Å². The highest BCUT2D eigenvalue weighted by Gasteiger charge is 2.20. The van der Waals surface area contributed by atoms with Crippen LogP contribution in [0.4, 0.5) is 0 Å². The highest BCUT2D eigenvalue weighted by molar-refractivity contribution is 7.99. The number of benzene rings is 2. The van der Waals surface area contributed by atoms with Gasteiger partial charge in [-0.15, -0.1) is 0 Å². The summed E-state index contributed by atoms with van der Waals surface area (Å²) in [4.78, 5) is 0. The van der Waals surface area contributed by atoms with Gasteiger partial charge in [-0.25, -0.2) is 0 Å². The van der Waals surface area contributed by atoms with Crippen LogP contribution >= 0.6 is 11.8 Å². The molecule has 1 aliphatic rings. The maximum absolute atomic E-state index is 5.97. The third-order valence-electron chi connectivity index (χ3n) is 3.65. The molecule has 2 aromatic rings. The van der Waals surface area contributed by atoms with E-state index in [-0.39, 0.29) is 6.10 Å². The third kappa shape index (κ3) is 4.23. The van der Waals surface area contributed by atoms with Gasteiger partial charge in [-0.1, -0.05) is 72.8 Å². The summed E-state index contributed by atoms with van der Waals surface area (Å²) >= 11 is 2.00. The van der Waals surface area contributed by atoms with Gasteiger partial charge in [0.25, 0.3) is 0 Å². The van der Waals surface area contributed by atoms with Crippen LogP contribution in [0, 0.1) is 0 Å². The summed E-state index contributed by atoms with van der Waals surface area (Å²) in [6.07, 6.45) is 5.61. The van der Waals surface area contributed by atoms with Crippen molar-refractivity contribution in [3.8, 4) is 0 Å². The van der Waals surface area contributed by atoms with E-state index in [0.29, 0.717) is 5.25 Å². The minimum atomic E-state index is 0.199. The lowest BCUT2D eigenvalue weighted by Gasteiger charge is -2.17. The van der Waals surface area contributed by atoms with Gasteiger partial charge in [-0.2, -0.15) is 11.8 Å². The summed E-state index contributed by atoms with van der Waals surface area (Å²) in [5, 5.41) is 0.527. The first-order valence-corrected chi connectivity index (χ1v) is 8.48. The Morgan fingerprint density at radius 3 is 2.43 bits per heavy atom. The van der Waals surface area contributed by atoms with E-state index in [2.05, 4.69) is 66.7 Å². The fraction of sp³-hybridized carbons (Fsp3) is 0.263. The Hall–Kier alpha value is -1.51. The Morgan fingerprint density at radius 2 is 1.67 bits per heavy atom. The molecule has 21 heavy (non-hydrogen) atoms. The van der Waals surface area contributed by atoms with Gasteiger partial charge in [0.05, 0.1) is 12.7 Å². The lowest BCUT2D eigenvalue weighted by molar-refractivity contribution is 0.0966. The molecule has 1 heterocycles. The van der Waals surface area contributed by atoms with E-state index >= 15 is 0 Å². The smallest absolute Gasteiger partial charge is 0.0773 e. The van der Waals surface area contributed by atoms with Crippen molar-refractivity contribution < 1.29 is 4.74 Å². The van der Waals surface area contributed by atoms with Crippen molar-refractivity contribution in [1.82, 2.24) is 0 Å². The van der Waals surface area contributed by atoms with Crippen molar-refractivity contribution >= 4 is 17.8 Å². The van der Waals surface area contributed by atoms with Gasteiger partial charge in [0, 0.05) is 11.0 Å². The Bertz CT molecular complexity index is 565. The Kier molecular flexibility index (Phi) is 5.14. The largest absolute Gasteiger partial charge is 0.373 e. The van der Waals surface area contributed by atoms with Gasteiger partial charge in [0.1, 0.15) is 0 Å². The van der Waals surface area contributed by atoms with Crippen LogP contribution in [-0.2, 0) is 4.74 Å². The highest BCUT2D eigenvalue weighted by Crippen LogP contribution is 2.36. The van der Waals surface area contributed by atoms with E-state index < -0.39 is 0 Å². The molecule has 2 atom stereocenters. The summed E-state index contributed by atoms with van der Waals surface area (Å²) in [6.45, 7) is 0.831. The van der Waals surface area contributed by atoms with Crippen LogP contribution in [0.15, 0.2) is 66.7 Å². The first kappa shape index (κ1) is 14.4. The second-order valence-corrected chi connectivity index (χ2v) is 6.50. The van der Waals surface area contributed by atoms with E-state index in [1.54, 1.807) is 0 Å². The van der Waals surface area contributed by atoms with Gasteiger partial charge >= 0.3 is 0 Å². The lowest BCUT2D eigenvalue weighted by atomic mass is 10.0. The van der Waals surface area contributed by atoms with E-state index in [1.807, 2.05) is 17.8 Å². The van der Waals surface area contributed by atoms with Gasteiger partial charge in [0.2, 0.25) is 0 Å². The van der Waals surface area contributed by atoms with Crippen LogP contribution in [0.2, 0.25) is 0 Å². The highest BCUT2D eigenvalue weighted by atomic mass is 32.2. The van der Waals surface area contributed by atoms with Crippen LogP contribution in [0.1, 0.15) is 22.8 Å². The summed E-state index contributed by atoms with van der Waals surface area (Å²) in [6, 6.07) is 21.2. The molecule has 3 rings (SSSR count). The predicted octanol–water partition coefficient (Wildman–Crippen LogP) is 4.96. The molecular formula is C19H20OS. The first-order chi connectivity index (χ1) is 10.4. The van der Waals surface area contributed by atoms with Crippen molar-refractivity contribution in [3.63, 3.8) is 0 Å². The predicted molar refractivity (Wildman–Crippen MR) is 91.5 cm³/mol. The molecule has 0 N–H and O–H groups in total. The molecule has 1 saturated heterocycles. The molecule has 2 aromatic carbocycles. The molecule has 2 unspecified atom stereocenters. The molecule has 0 spiro atoms. The van der Waals surface area contributed by atoms with Crippen molar-refractivity contribution in [1.29, 1.82) is 0 Å². The minimum absolute atomic E-state index is 0.199. The molecule has 1 fully saturated rings. The minimum Gasteiger partial charge on any atom is -0.373 e. The van der Waals surface area contributed by atoms with E-state index in [4.69, 9.17) is 4.74 Å². The van der Waals surface area contributed by atoms with Crippen molar-refractivity contribution in [2.24, 2.45) is 0 Å². The number of rotatable bonds is 3. The number of hydrogen-bond acceptors (Lipinski definition) is 2. The normalized spacial score (nSPS) is 23.0. The summed E-state index contributed by atoms with van der Waals surface area (Å²) in [5.41, 5.74) is 2.64. The lowest BCUT2D eigenvalue weighted by Crippen LogP contribution is -2.10. The molecule has 0 aromatic heterocycles. The van der Waals surface area contributed by atoms with Crippen molar-refractivity contribution in [3.05, 3.63) is 77.9 Å². The van der Waals surface area contributed by atoms with E-state index in [0.717, 1.165) is 18.8 Å². The maximum atomic E-state index is 5.97. The standard InChI is InChI=1S/C19H20OS/c1-3-7-16(8-4-1)11-12-18-15-19(21-14-13-20-18)17-9-5-2-6-10-17/h1-12,18-19H,13-15H2/b12-11+. The number of thioether (sulfide) groups is 1.